The highest BCUT2D eigenvalue weighted by atomic mass is 35.5. The Balaban J connectivity index is 1.33. The maximum absolute atomic E-state index is 12.7. The van der Waals surface area contributed by atoms with Gasteiger partial charge in [0.2, 0.25) is 21.8 Å². The summed E-state index contributed by atoms with van der Waals surface area (Å²) in [5, 5.41) is 1.70. The van der Waals surface area contributed by atoms with Crippen molar-refractivity contribution in [3.8, 4) is 0 Å². The topological polar surface area (TPSA) is 93.8 Å². The summed E-state index contributed by atoms with van der Waals surface area (Å²) in [6.07, 6.45) is 2.22. The molecule has 4 rings (SSSR count). The van der Waals surface area contributed by atoms with Crippen molar-refractivity contribution in [3.63, 3.8) is 0 Å². The number of amides is 2. The van der Waals surface area contributed by atoms with Crippen LogP contribution in [0, 0.1) is 0 Å². The molecule has 2 aliphatic heterocycles. The van der Waals surface area contributed by atoms with Gasteiger partial charge >= 0.3 is 0 Å². The van der Waals surface area contributed by atoms with E-state index in [9.17, 15) is 18.0 Å². The third-order valence-corrected chi connectivity index (χ3v) is 7.44. The first-order chi connectivity index (χ1) is 14.2. The first-order valence-electron chi connectivity index (χ1n) is 10.0. The summed E-state index contributed by atoms with van der Waals surface area (Å²) in [5.74, 6) is -0.145. The fourth-order valence-corrected chi connectivity index (χ4v) is 5.20. The highest BCUT2D eigenvalue weighted by Gasteiger charge is 2.28. The van der Waals surface area contributed by atoms with Crippen LogP contribution in [0.4, 0.5) is 0 Å². The third kappa shape index (κ3) is 4.33. The second-order valence-corrected chi connectivity index (χ2v) is 10.3. The van der Waals surface area contributed by atoms with Crippen molar-refractivity contribution in [2.45, 2.75) is 25.8 Å². The number of benzene rings is 1. The monoisotopic (exact) mass is 452 g/mol. The molecule has 30 heavy (non-hydrogen) atoms. The minimum absolute atomic E-state index is 0.0415. The summed E-state index contributed by atoms with van der Waals surface area (Å²) in [5.41, 5.74) is 3.24. The number of halogens is 1. The number of aromatic nitrogens is 1. The first kappa shape index (κ1) is 21.1. The molecule has 0 spiro atoms. The van der Waals surface area contributed by atoms with E-state index in [1.54, 1.807) is 9.80 Å². The van der Waals surface area contributed by atoms with Crippen molar-refractivity contribution in [2.24, 2.45) is 0 Å². The third-order valence-electron chi connectivity index (χ3n) is 5.90. The highest BCUT2D eigenvalue weighted by Crippen LogP contribution is 2.30. The number of fused-ring (bicyclic) bond motifs is 3. The molecule has 2 aliphatic rings. The molecule has 0 aliphatic carbocycles. The van der Waals surface area contributed by atoms with Crippen LogP contribution in [0.3, 0.4) is 0 Å². The van der Waals surface area contributed by atoms with Crippen LogP contribution in [0.2, 0.25) is 5.02 Å². The molecule has 0 unspecified atom stereocenters. The molecule has 0 saturated carbocycles. The van der Waals surface area contributed by atoms with Crippen LogP contribution in [0.5, 0.6) is 0 Å². The molecule has 2 aromatic rings. The SMILES string of the molecule is CS(=O)(=O)N1CCN(C(=O)CCC(=O)N2CCc3[nH]c4ccc(Cl)cc4c3C2)CC1. The maximum Gasteiger partial charge on any atom is 0.223 e. The number of piperazine rings is 1. The number of hydrogen-bond acceptors (Lipinski definition) is 4. The Hall–Kier alpha value is -2.10. The van der Waals surface area contributed by atoms with Crippen molar-refractivity contribution in [1.82, 2.24) is 19.1 Å². The van der Waals surface area contributed by atoms with Gasteiger partial charge in [0.15, 0.2) is 0 Å². The molecular formula is C20H25ClN4O4S. The van der Waals surface area contributed by atoms with Crippen LogP contribution in [-0.4, -0.2) is 78.3 Å². The second-order valence-electron chi connectivity index (χ2n) is 7.88. The van der Waals surface area contributed by atoms with E-state index < -0.39 is 10.0 Å². The molecule has 0 radical (unpaired) electrons. The van der Waals surface area contributed by atoms with E-state index in [0.717, 1.165) is 28.6 Å². The van der Waals surface area contributed by atoms with Crippen molar-refractivity contribution >= 4 is 44.3 Å². The van der Waals surface area contributed by atoms with Crippen molar-refractivity contribution in [1.29, 1.82) is 0 Å². The van der Waals surface area contributed by atoms with E-state index in [2.05, 4.69) is 4.98 Å². The normalized spacial score (nSPS) is 17.9. The summed E-state index contributed by atoms with van der Waals surface area (Å²) in [6, 6.07) is 5.71. The van der Waals surface area contributed by atoms with E-state index in [0.29, 0.717) is 44.3 Å². The smallest absolute Gasteiger partial charge is 0.223 e. The standard InChI is InChI=1S/C20H25ClN4O4S/c1-30(28,29)25-10-8-23(9-11-25)19(26)4-5-20(27)24-7-6-18-16(13-24)15-12-14(21)2-3-17(15)22-18/h2-3,12,22H,4-11,13H2,1H3. The first-order valence-corrected chi connectivity index (χ1v) is 12.2. The zero-order valence-corrected chi connectivity index (χ0v) is 18.4. The minimum Gasteiger partial charge on any atom is -0.358 e. The fourth-order valence-electron chi connectivity index (χ4n) is 4.20. The van der Waals surface area contributed by atoms with Gasteiger partial charge in [-0.05, 0) is 18.2 Å². The number of nitrogens with zero attached hydrogens (tertiary/aromatic N) is 3. The average Bonchev–Trinajstić information content (AvgIpc) is 3.08. The summed E-state index contributed by atoms with van der Waals surface area (Å²) >= 11 is 6.14. The highest BCUT2D eigenvalue weighted by molar-refractivity contribution is 7.88. The molecule has 162 valence electrons. The summed E-state index contributed by atoms with van der Waals surface area (Å²) in [4.78, 5) is 32.1. The molecule has 3 heterocycles. The Kier molecular flexibility index (Phi) is 5.78. The average molecular weight is 453 g/mol. The summed E-state index contributed by atoms with van der Waals surface area (Å²) in [7, 11) is -3.23. The molecule has 1 saturated heterocycles. The van der Waals surface area contributed by atoms with E-state index in [4.69, 9.17) is 11.6 Å². The Morgan fingerprint density at radius 1 is 1.03 bits per heavy atom. The molecule has 0 atom stereocenters. The van der Waals surface area contributed by atoms with Gasteiger partial charge in [-0.2, -0.15) is 4.31 Å². The molecule has 1 aromatic carbocycles. The van der Waals surface area contributed by atoms with Gasteiger partial charge in [0.25, 0.3) is 0 Å². The lowest BCUT2D eigenvalue weighted by molar-refractivity contribution is -0.138. The van der Waals surface area contributed by atoms with Gasteiger partial charge in [-0.3, -0.25) is 9.59 Å². The van der Waals surface area contributed by atoms with E-state index in [-0.39, 0.29) is 24.7 Å². The van der Waals surface area contributed by atoms with Crippen LogP contribution < -0.4 is 0 Å². The second kappa shape index (κ2) is 8.20. The van der Waals surface area contributed by atoms with Crippen molar-refractivity contribution in [3.05, 3.63) is 34.5 Å². The zero-order valence-electron chi connectivity index (χ0n) is 16.9. The minimum atomic E-state index is -3.23. The van der Waals surface area contributed by atoms with Gasteiger partial charge < -0.3 is 14.8 Å². The Labute approximate surface area is 180 Å². The molecule has 1 aromatic heterocycles. The molecule has 8 nitrogen and oxygen atoms in total. The predicted molar refractivity (Wildman–Crippen MR) is 115 cm³/mol. The number of hydrogen-bond donors (Lipinski definition) is 1. The Bertz CT molecular complexity index is 1090. The Morgan fingerprint density at radius 2 is 1.70 bits per heavy atom. The molecule has 10 heteroatoms. The molecular weight excluding hydrogens is 428 g/mol. The number of nitrogens with one attached hydrogen (secondary N) is 1. The lowest BCUT2D eigenvalue weighted by atomic mass is 10.0. The molecule has 1 N–H and O–H groups in total. The van der Waals surface area contributed by atoms with Crippen molar-refractivity contribution in [2.75, 3.05) is 39.0 Å². The van der Waals surface area contributed by atoms with Gasteiger partial charge in [-0.15, -0.1) is 0 Å². The number of carbonyl (C=O) groups is 2. The van der Waals surface area contributed by atoms with Crippen LogP contribution in [-0.2, 0) is 32.6 Å². The number of rotatable bonds is 4. The summed E-state index contributed by atoms with van der Waals surface area (Å²) in [6.45, 7) is 2.46. The van der Waals surface area contributed by atoms with Crippen LogP contribution in [0.1, 0.15) is 24.1 Å². The van der Waals surface area contributed by atoms with Gasteiger partial charge in [-0.1, -0.05) is 11.6 Å². The number of aromatic amines is 1. The summed E-state index contributed by atoms with van der Waals surface area (Å²) < 4.78 is 24.5. The lowest BCUT2D eigenvalue weighted by Crippen LogP contribution is -2.50. The largest absolute Gasteiger partial charge is 0.358 e. The molecule has 1 fully saturated rings. The molecule has 2 amide bonds. The number of sulfonamides is 1. The van der Waals surface area contributed by atoms with Gasteiger partial charge in [0.1, 0.15) is 0 Å². The van der Waals surface area contributed by atoms with Crippen LogP contribution in [0.25, 0.3) is 10.9 Å². The number of H-pyrrole nitrogens is 1. The van der Waals surface area contributed by atoms with Crippen LogP contribution in [0.15, 0.2) is 18.2 Å². The van der Waals surface area contributed by atoms with Crippen molar-refractivity contribution < 1.29 is 18.0 Å². The van der Waals surface area contributed by atoms with E-state index in [1.165, 1.54) is 10.6 Å². The Morgan fingerprint density at radius 3 is 2.37 bits per heavy atom. The van der Waals surface area contributed by atoms with E-state index in [1.807, 2.05) is 18.2 Å². The van der Waals surface area contributed by atoms with Gasteiger partial charge in [0.05, 0.1) is 6.26 Å². The zero-order chi connectivity index (χ0) is 21.5. The van der Waals surface area contributed by atoms with Crippen LogP contribution >= 0.6 is 11.6 Å². The maximum atomic E-state index is 12.7. The lowest BCUT2D eigenvalue weighted by Gasteiger charge is -2.33. The van der Waals surface area contributed by atoms with Gasteiger partial charge in [0, 0.05) is 85.7 Å². The molecule has 0 bridgehead atoms. The van der Waals surface area contributed by atoms with Gasteiger partial charge in [-0.25, -0.2) is 8.42 Å². The predicted octanol–water partition coefficient (Wildman–Crippen LogP) is 1.59. The quantitative estimate of drug-likeness (QED) is 0.762. The van der Waals surface area contributed by atoms with E-state index >= 15 is 0 Å². The fraction of sp³-hybridized carbons (Fsp3) is 0.500. The number of carbonyl (C=O) groups excluding carboxylic acids is 2.